The summed E-state index contributed by atoms with van der Waals surface area (Å²) in [5, 5.41) is 0.346. The molecule has 2 aromatic carbocycles. The van der Waals surface area contributed by atoms with Crippen LogP contribution in [0.3, 0.4) is 0 Å². The first kappa shape index (κ1) is 14.0. The molecule has 2 N–H and O–H groups in total. The second kappa shape index (κ2) is 5.27. The van der Waals surface area contributed by atoms with E-state index >= 15 is 0 Å². The third kappa shape index (κ3) is 3.11. The van der Waals surface area contributed by atoms with Crippen LogP contribution in [-0.4, -0.2) is 0 Å². The van der Waals surface area contributed by atoms with Crippen LogP contribution in [0.15, 0.2) is 42.5 Å². The topological polar surface area (TPSA) is 26.0 Å². The van der Waals surface area contributed by atoms with Crippen molar-refractivity contribution in [2.24, 2.45) is 5.73 Å². The van der Waals surface area contributed by atoms with Gasteiger partial charge in [-0.1, -0.05) is 29.8 Å². The number of halogens is 3. The maximum atomic E-state index is 13.8. The number of rotatable bonds is 3. The maximum Gasteiger partial charge on any atom is 0.127 e. The average molecular weight is 282 g/mol. The molecule has 2 rings (SSSR count). The molecule has 0 fully saturated rings. The Bertz CT molecular complexity index is 559. The summed E-state index contributed by atoms with van der Waals surface area (Å²) in [6.07, 6.45) is 0.240. The third-order valence-corrected chi connectivity index (χ3v) is 3.46. The molecule has 0 radical (unpaired) electrons. The molecule has 0 aliphatic heterocycles. The standard InChI is InChI=1S/C15H14ClF2N/c1-15(19,10-5-7-11(17)8-6-10)9-12-13(16)3-2-4-14(12)18/h2-8H,9,19H2,1H3. The lowest BCUT2D eigenvalue weighted by atomic mass is 9.86. The largest absolute Gasteiger partial charge is 0.321 e. The van der Waals surface area contributed by atoms with Gasteiger partial charge in [0.25, 0.3) is 0 Å². The van der Waals surface area contributed by atoms with Gasteiger partial charge in [-0.2, -0.15) is 0 Å². The Balaban J connectivity index is 2.33. The Hall–Kier alpha value is -1.45. The van der Waals surface area contributed by atoms with Gasteiger partial charge in [0.1, 0.15) is 11.6 Å². The van der Waals surface area contributed by atoms with Gasteiger partial charge in [-0.25, -0.2) is 8.78 Å². The first-order valence-corrected chi connectivity index (χ1v) is 6.26. The summed E-state index contributed by atoms with van der Waals surface area (Å²) in [6.45, 7) is 1.77. The predicted molar refractivity (Wildman–Crippen MR) is 73.1 cm³/mol. The Morgan fingerprint density at radius 2 is 1.74 bits per heavy atom. The lowest BCUT2D eigenvalue weighted by Crippen LogP contribution is -2.35. The van der Waals surface area contributed by atoms with E-state index in [4.69, 9.17) is 17.3 Å². The van der Waals surface area contributed by atoms with Crippen LogP contribution in [0.5, 0.6) is 0 Å². The number of nitrogens with two attached hydrogens (primary N) is 1. The van der Waals surface area contributed by atoms with Gasteiger partial charge in [0.15, 0.2) is 0 Å². The smallest absolute Gasteiger partial charge is 0.127 e. The minimum absolute atomic E-state index is 0.240. The van der Waals surface area contributed by atoms with Crippen molar-refractivity contribution in [3.05, 3.63) is 70.2 Å². The van der Waals surface area contributed by atoms with Crippen molar-refractivity contribution < 1.29 is 8.78 Å². The number of benzene rings is 2. The molecule has 4 heteroatoms. The van der Waals surface area contributed by atoms with E-state index in [0.717, 1.165) is 5.56 Å². The van der Waals surface area contributed by atoms with Crippen molar-refractivity contribution in [2.45, 2.75) is 18.9 Å². The van der Waals surface area contributed by atoms with E-state index < -0.39 is 5.54 Å². The SMILES string of the molecule is CC(N)(Cc1c(F)cccc1Cl)c1ccc(F)cc1. The van der Waals surface area contributed by atoms with Gasteiger partial charge in [0, 0.05) is 16.1 Å². The van der Waals surface area contributed by atoms with E-state index in [2.05, 4.69) is 0 Å². The molecule has 19 heavy (non-hydrogen) atoms. The molecule has 0 amide bonds. The molecule has 0 bridgehead atoms. The summed E-state index contributed by atoms with van der Waals surface area (Å²) in [5.74, 6) is -0.713. The highest BCUT2D eigenvalue weighted by Crippen LogP contribution is 2.28. The second-order valence-electron chi connectivity index (χ2n) is 4.80. The molecular weight excluding hydrogens is 268 g/mol. The monoisotopic (exact) mass is 281 g/mol. The van der Waals surface area contributed by atoms with Crippen LogP contribution < -0.4 is 5.73 Å². The molecule has 0 aliphatic rings. The van der Waals surface area contributed by atoms with Crippen molar-refractivity contribution >= 4 is 11.6 Å². The molecule has 2 aromatic rings. The van der Waals surface area contributed by atoms with E-state index in [1.807, 2.05) is 0 Å². The van der Waals surface area contributed by atoms with Crippen LogP contribution in [0.4, 0.5) is 8.78 Å². The first-order chi connectivity index (χ1) is 8.90. The fourth-order valence-corrected chi connectivity index (χ4v) is 2.23. The fourth-order valence-electron chi connectivity index (χ4n) is 2.00. The van der Waals surface area contributed by atoms with Crippen molar-refractivity contribution in [1.29, 1.82) is 0 Å². The van der Waals surface area contributed by atoms with E-state index in [-0.39, 0.29) is 18.1 Å². The molecule has 1 atom stereocenters. The predicted octanol–water partition coefficient (Wildman–Crippen LogP) is 4.03. The summed E-state index contributed by atoms with van der Waals surface area (Å²) < 4.78 is 26.7. The van der Waals surface area contributed by atoms with E-state index in [0.29, 0.717) is 10.6 Å². The van der Waals surface area contributed by atoms with Crippen molar-refractivity contribution in [1.82, 2.24) is 0 Å². The second-order valence-corrected chi connectivity index (χ2v) is 5.21. The van der Waals surface area contributed by atoms with E-state index in [9.17, 15) is 8.78 Å². The first-order valence-electron chi connectivity index (χ1n) is 5.88. The van der Waals surface area contributed by atoms with Gasteiger partial charge >= 0.3 is 0 Å². The lowest BCUT2D eigenvalue weighted by molar-refractivity contribution is 0.474. The van der Waals surface area contributed by atoms with Crippen LogP contribution in [0, 0.1) is 11.6 Å². The Morgan fingerprint density at radius 3 is 2.32 bits per heavy atom. The maximum absolute atomic E-state index is 13.8. The molecule has 0 spiro atoms. The highest BCUT2D eigenvalue weighted by molar-refractivity contribution is 6.31. The van der Waals surface area contributed by atoms with Crippen LogP contribution in [0.1, 0.15) is 18.1 Å². The number of hydrogen-bond donors (Lipinski definition) is 1. The lowest BCUT2D eigenvalue weighted by Gasteiger charge is -2.26. The van der Waals surface area contributed by atoms with Crippen LogP contribution in [0.25, 0.3) is 0 Å². The van der Waals surface area contributed by atoms with Gasteiger partial charge in [-0.3, -0.25) is 0 Å². The Morgan fingerprint density at radius 1 is 1.11 bits per heavy atom. The third-order valence-electron chi connectivity index (χ3n) is 3.11. The molecular formula is C15H14ClF2N. The molecule has 0 heterocycles. The van der Waals surface area contributed by atoms with Gasteiger partial charge in [0.2, 0.25) is 0 Å². The van der Waals surface area contributed by atoms with Crippen LogP contribution in [-0.2, 0) is 12.0 Å². The molecule has 0 aliphatic carbocycles. The summed E-state index contributed by atoms with van der Waals surface area (Å²) in [6, 6.07) is 10.4. The van der Waals surface area contributed by atoms with Crippen molar-refractivity contribution in [3.63, 3.8) is 0 Å². The summed E-state index contributed by atoms with van der Waals surface area (Å²) in [4.78, 5) is 0. The van der Waals surface area contributed by atoms with Crippen LogP contribution in [0.2, 0.25) is 5.02 Å². The Labute approximate surface area is 116 Å². The van der Waals surface area contributed by atoms with Crippen molar-refractivity contribution in [2.75, 3.05) is 0 Å². The van der Waals surface area contributed by atoms with Crippen LogP contribution >= 0.6 is 11.6 Å². The Kier molecular flexibility index (Phi) is 3.88. The molecule has 0 aromatic heterocycles. The zero-order valence-electron chi connectivity index (χ0n) is 10.5. The summed E-state index contributed by atoms with van der Waals surface area (Å²) in [5.41, 5.74) is 6.49. The fraction of sp³-hybridized carbons (Fsp3) is 0.200. The normalized spacial score (nSPS) is 14.2. The van der Waals surface area contributed by atoms with Gasteiger partial charge in [-0.15, -0.1) is 0 Å². The van der Waals surface area contributed by atoms with Crippen molar-refractivity contribution in [3.8, 4) is 0 Å². The van der Waals surface area contributed by atoms with E-state index in [1.54, 1.807) is 31.2 Å². The van der Waals surface area contributed by atoms with Gasteiger partial charge < -0.3 is 5.73 Å². The molecule has 1 nitrogen and oxygen atoms in total. The minimum Gasteiger partial charge on any atom is -0.321 e. The highest BCUT2D eigenvalue weighted by atomic mass is 35.5. The molecule has 100 valence electrons. The summed E-state index contributed by atoms with van der Waals surface area (Å²) >= 11 is 5.99. The molecule has 0 saturated carbocycles. The zero-order chi connectivity index (χ0) is 14.0. The minimum atomic E-state index is -0.820. The molecule has 0 saturated heterocycles. The average Bonchev–Trinajstić information content (AvgIpc) is 2.35. The number of hydrogen-bond acceptors (Lipinski definition) is 1. The highest BCUT2D eigenvalue weighted by Gasteiger charge is 2.24. The van der Waals surface area contributed by atoms with Gasteiger partial charge in [0.05, 0.1) is 0 Å². The van der Waals surface area contributed by atoms with Gasteiger partial charge in [-0.05, 0) is 43.2 Å². The summed E-state index contributed by atoms with van der Waals surface area (Å²) in [7, 11) is 0. The molecule has 1 unspecified atom stereocenters. The zero-order valence-corrected chi connectivity index (χ0v) is 11.2. The quantitative estimate of drug-likeness (QED) is 0.903. The van der Waals surface area contributed by atoms with E-state index in [1.165, 1.54) is 18.2 Å².